The molecule has 3 rings (SSSR count). The molecule has 16 heavy (non-hydrogen) atoms. The lowest BCUT2D eigenvalue weighted by Gasteiger charge is -2.09. The Morgan fingerprint density at radius 1 is 1.06 bits per heavy atom. The summed E-state index contributed by atoms with van der Waals surface area (Å²) in [6, 6.07) is 0.231. The van der Waals surface area contributed by atoms with Gasteiger partial charge in [0.05, 0.1) is 0 Å². The topological polar surface area (TPSA) is 64.9 Å². The maximum atomic E-state index is 6.05. The zero-order chi connectivity index (χ0) is 11.0. The Bertz CT molecular complexity index is 357. The van der Waals surface area contributed by atoms with Gasteiger partial charge in [-0.1, -0.05) is 24.4 Å². The van der Waals surface area contributed by atoms with Gasteiger partial charge in [-0.3, -0.25) is 0 Å². The Labute approximate surface area is 95.6 Å². The lowest BCUT2D eigenvalue weighted by molar-refractivity contribution is 0.346. The summed E-state index contributed by atoms with van der Waals surface area (Å²) in [5.41, 5.74) is 6.05. The van der Waals surface area contributed by atoms with Crippen LogP contribution in [0.4, 0.5) is 0 Å². The highest BCUT2D eigenvalue weighted by atomic mass is 16.5. The van der Waals surface area contributed by atoms with Crippen LogP contribution in [0.1, 0.15) is 68.5 Å². The number of nitrogens with two attached hydrogens (primary N) is 1. The second-order valence-corrected chi connectivity index (χ2v) is 5.17. The van der Waals surface area contributed by atoms with Gasteiger partial charge >= 0.3 is 0 Å². The Kier molecular flexibility index (Phi) is 2.67. The first-order valence-corrected chi connectivity index (χ1v) is 6.43. The Morgan fingerprint density at radius 3 is 2.56 bits per heavy atom. The Morgan fingerprint density at radius 2 is 1.88 bits per heavy atom. The van der Waals surface area contributed by atoms with E-state index in [9.17, 15) is 0 Å². The monoisotopic (exact) mass is 221 g/mol. The molecule has 0 aromatic carbocycles. The van der Waals surface area contributed by atoms with Crippen LogP contribution in [-0.4, -0.2) is 16.2 Å². The first kappa shape index (κ1) is 10.3. The molecule has 4 heteroatoms. The molecule has 4 nitrogen and oxygen atoms in total. The van der Waals surface area contributed by atoms with Crippen LogP contribution < -0.4 is 5.73 Å². The number of hydrogen-bond acceptors (Lipinski definition) is 4. The van der Waals surface area contributed by atoms with Crippen molar-refractivity contribution in [2.24, 2.45) is 5.73 Å². The summed E-state index contributed by atoms with van der Waals surface area (Å²) in [5.74, 6) is 2.55. The zero-order valence-electron chi connectivity index (χ0n) is 9.56. The maximum absolute atomic E-state index is 6.05. The van der Waals surface area contributed by atoms with Crippen molar-refractivity contribution in [2.45, 2.75) is 62.8 Å². The summed E-state index contributed by atoms with van der Waals surface area (Å²) < 4.78 is 5.39. The van der Waals surface area contributed by atoms with E-state index in [1.54, 1.807) is 0 Å². The van der Waals surface area contributed by atoms with Crippen molar-refractivity contribution >= 4 is 0 Å². The molecule has 2 atom stereocenters. The molecule has 2 aliphatic carbocycles. The van der Waals surface area contributed by atoms with Crippen LogP contribution in [0.3, 0.4) is 0 Å². The molecule has 0 aliphatic heterocycles. The van der Waals surface area contributed by atoms with Crippen LogP contribution in [0.2, 0.25) is 0 Å². The lowest BCUT2D eigenvalue weighted by Crippen LogP contribution is -2.23. The smallest absolute Gasteiger partial charge is 0.229 e. The minimum absolute atomic E-state index is 0.231. The van der Waals surface area contributed by atoms with Crippen LogP contribution >= 0.6 is 0 Å². The van der Waals surface area contributed by atoms with Gasteiger partial charge in [0, 0.05) is 17.9 Å². The van der Waals surface area contributed by atoms with Gasteiger partial charge in [0.1, 0.15) is 0 Å². The van der Waals surface area contributed by atoms with Crippen LogP contribution in [0.15, 0.2) is 4.52 Å². The fourth-order valence-corrected chi connectivity index (χ4v) is 3.05. The van der Waals surface area contributed by atoms with Crippen LogP contribution in [0.5, 0.6) is 0 Å². The molecule has 88 valence electrons. The van der Waals surface area contributed by atoms with Gasteiger partial charge in [-0.2, -0.15) is 4.98 Å². The molecule has 2 saturated carbocycles. The van der Waals surface area contributed by atoms with E-state index >= 15 is 0 Å². The van der Waals surface area contributed by atoms with E-state index in [4.69, 9.17) is 10.3 Å². The summed E-state index contributed by atoms with van der Waals surface area (Å²) in [6.07, 6.45) is 8.41. The predicted molar refractivity (Wildman–Crippen MR) is 60.1 cm³/mol. The van der Waals surface area contributed by atoms with Gasteiger partial charge in [0.15, 0.2) is 5.82 Å². The summed E-state index contributed by atoms with van der Waals surface area (Å²) in [7, 11) is 0. The SMILES string of the molecule is N[C@@H]1CCC[C@@H]1c1noc(C2CCCC2)n1. The van der Waals surface area contributed by atoms with Gasteiger partial charge in [0.2, 0.25) is 5.89 Å². The van der Waals surface area contributed by atoms with Crippen molar-refractivity contribution in [3.63, 3.8) is 0 Å². The third kappa shape index (κ3) is 1.75. The standard InChI is InChI=1S/C12H19N3O/c13-10-7-3-6-9(10)11-14-12(16-15-11)8-4-1-2-5-8/h8-10H,1-7,13H2/t9-,10+/m0/s1. The molecule has 0 spiro atoms. The third-order valence-corrected chi connectivity index (χ3v) is 4.06. The van der Waals surface area contributed by atoms with E-state index in [1.165, 1.54) is 32.1 Å². The predicted octanol–water partition coefficient (Wildman–Crippen LogP) is 2.32. The Balaban J connectivity index is 1.76. The molecular formula is C12H19N3O. The number of aromatic nitrogens is 2. The molecule has 0 amide bonds. The molecule has 2 fully saturated rings. The van der Waals surface area contributed by atoms with E-state index in [1.807, 2.05) is 0 Å². The number of hydrogen-bond donors (Lipinski definition) is 1. The molecule has 2 aliphatic rings. The number of nitrogens with zero attached hydrogens (tertiary/aromatic N) is 2. The first-order valence-electron chi connectivity index (χ1n) is 6.43. The molecule has 1 aromatic heterocycles. The molecule has 0 bridgehead atoms. The average Bonchev–Trinajstić information content (AvgIpc) is 2.96. The highest BCUT2D eigenvalue weighted by Gasteiger charge is 2.31. The fourth-order valence-electron chi connectivity index (χ4n) is 3.05. The molecule has 0 saturated heterocycles. The summed E-state index contributed by atoms with van der Waals surface area (Å²) in [5, 5.41) is 4.13. The summed E-state index contributed by atoms with van der Waals surface area (Å²) in [6.45, 7) is 0. The minimum Gasteiger partial charge on any atom is -0.339 e. The molecular weight excluding hydrogens is 202 g/mol. The van der Waals surface area contributed by atoms with E-state index < -0.39 is 0 Å². The second kappa shape index (κ2) is 4.17. The largest absolute Gasteiger partial charge is 0.339 e. The van der Waals surface area contributed by atoms with Crippen molar-refractivity contribution in [2.75, 3.05) is 0 Å². The van der Waals surface area contributed by atoms with Gasteiger partial charge in [-0.05, 0) is 25.7 Å². The molecule has 1 aromatic rings. The van der Waals surface area contributed by atoms with Crippen molar-refractivity contribution < 1.29 is 4.52 Å². The highest BCUT2D eigenvalue weighted by Crippen LogP contribution is 2.36. The quantitative estimate of drug-likeness (QED) is 0.832. The minimum atomic E-state index is 0.231. The van der Waals surface area contributed by atoms with Gasteiger partial charge < -0.3 is 10.3 Å². The van der Waals surface area contributed by atoms with Crippen molar-refractivity contribution in [1.82, 2.24) is 10.1 Å². The molecule has 1 heterocycles. The maximum Gasteiger partial charge on any atom is 0.229 e. The molecule has 0 unspecified atom stereocenters. The van der Waals surface area contributed by atoms with Crippen molar-refractivity contribution in [1.29, 1.82) is 0 Å². The normalized spacial score (nSPS) is 31.3. The summed E-state index contributed by atoms with van der Waals surface area (Å²) in [4.78, 5) is 4.57. The van der Waals surface area contributed by atoms with Crippen molar-refractivity contribution in [3.05, 3.63) is 11.7 Å². The molecule has 0 radical (unpaired) electrons. The average molecular weight is 221 g/mol. The van der Waals surface area contributed by atoms with Crippen molar-refractivity contribution in [3.8, 4) is 0 Å². The van der Waals surface area contributed by atoms with Gasteiger partial charge in [-0.15, -0.1) is 0 Å². The highest BCUT2D eigenvalue weighted by molar-refractivity contribution is 5.05. The number of rotatable bonds is 2. The fraction of sp³-hybridized carbons (Fsp3) is 0.833. The van der Waals surface area contributed by atoms with Crippen LogP contribution in [0, 0.1) is 0 Å². The zero-order valence-corrected chi connectivity index (χ0v) is 9.56. The lowest BCUT2D eigenvalue weighted by atomic mass is 10.0. The van der Waals surface area contributed by atoms with E-state index in [0.29, 0.717) is 11.8 Å². The van der Waals surface area contributed by atoms with Gasteiger partial charge in [0.25, 0.3) is 0 Å². The van der Waals surface area contributed by atoms with E-state index in [2.05, 4.69) is 10.1 Å². The molecule has 2 N–H and O–H groups in total. The third-order valence-electron chi connectivity index (χ3n) is 4.06. The van der Waals surface area contributed by atoms with Crippen LogP contribution in [-0.2, 0) is 0 Å². The summed E-state index contributed by atoms with van der Waals surface area (Å²) >= 11 is 0. The Hall–Kier alpha value is -0.900. The van der Waals surface area contributed by atoms with Crippen LogP contribution in [0.25, 0.3) is 0 Å². The van der Waals surface area contributed by atoms with E-state index in [-0.39, 0.29) is 6.04 Å². The van der Waals surface area contributed by atoms with E-state index in [0.717, 1.165) is 24.6 Å². The van der Waals surface area contributed by atoms with Gasteiger partial charge in [-0.25, -0.2) is 0 Å². The second-order valence-electron chi connectivity index (χ2n) is 5.17. The first-order chi connectivity index (χ1) is 7.84.